The smallest absolute Gasteiger partial charge is 0.339 e. The number of hydrogen-bond donors (Lipinski definition) is 2. The first-order valence-corrected chi connectivity index (χ1v) is 9.88. The van der Waals surface area contributed by atoms with Crippen molar-refractivity contribution in [1.29, 1.82) is 0 Å². The van der Waals surface area contributed by atoms with Gasteiger partial charge in [-0.05, 0) is 45.0 Å². The summed E-state index contributed by atoms with van der Waals surface area (Å²) >= 11 is 0. The standard InChI is InChI=1S/C22H23N5O2/c1-12-8-19(26-10-13(2)23-14(3)11-26)15-9-16(22(28)29)21-25-17-6-4-5-7-18(17)27(21)20(15)24-12/h4-9,13-14,23H,10-11H2,1-3H3,(H,28,29). The predicted molar refractivity (Wildman–Crippen MR) is 114 cm³/mol. The average molecular weight is 389 g/mol. The van der Waals surface area contributed by atoms with Crippen molar-refractivity contribution in [2.75, 3.05) is 18.0 Å². The van der Waals surface area contributed by atoms with Crippen molar-refractivity contribution in [3.63, 3.8) is 0 Å². The minimum Gasteiger partial charge on any atom is -0.478 e. The Balaban J connectivity index is 1.90. The molecule has 1 fully saturated rings. The van der Waals surface area contributed by atoms with E-state index >= 15 is 0 Å². The normalized spacial score (nSPS) is 20.0. The lowest BCUT2D eigenvalue weighted by Gasteiger charge is -2.38. The van der Waals surface area contributed by atoms with Crippen LogP contribution in [0.5, 0.6) is 0 Å². The number of carboxylic acid groups (broad SMARTS) is 1. The summed E-state index contributed by atoms with van der Waals surface area (Å²) in [6.45, 7) is 8.03. The second-order valence-electron chi connectivity index (χ2n) is 8.02. The number of para-hydroxylation sites is 2. The van der Waals surface area contributed by atoms with Gasteiger partial charge in [-0.25, -0.2) is 14.8 Å². The zero-order valence-corrected chi connectivity index (χ0v) is 16.7. The van der Waals surface area contributed by atoms with Crippen LogP contribution >= 0.6 is 0 Å². The monoisotopic (exact) mass is 389 g/mol. The first-order chi connectivity index (χ1) is 13.9. The van der Waals surface area contributed by atoms with Gasteiger partial charge < -0.3 is 15.3 Å². The first-order valence-electron chi connectivity index (χ1n) is 9.88. The van der Waals surface area contributed by atoms with E-state index in [0.29, 0.717) is 17.7 Å². The van der Waals surface area contributed by atoms with Gasteiger partial charge in [0, 0.05) is 41.9 Å². The summed E-state index contributed by atoms with van der Waals surface area (Å²) in [6.07, 6.45) is 0. The van der Waals surface area contributed by atoms with Gasteiger partial charge in [0.15, 0.2) is 5.65 Å². The van der Waals surface area contributed by atoms with Gasteiger partial charge in [-0.2, -0.15) is 0 Å². The van der Waals surface area contributed by atoms with Crippen LogP contribution in [0.2, 0.25) is 0 Å². The van der Waals surface area contributed by atoms with Crippen LogP contribution < -0.4 is 10.2 Å². The Hall–Kier alpha value is -3.19. The Kier molecular flexibility index (Phi) is 3.96. The Bertz CT molecular complexity index is 1270. The van der Waals surface area contributed by atoms with E-state index in [1.807, 2.05) is 35.6 Å². The number of fused-ring (bicyclic) bond motifs is 5. The number of benzene rings is 1. The molecule has 1 aliphatic heterocycles. The van der Waals surface area contributed by atoms with E-state index in [-0.39, 0.29) is 5.56 Å². The van der Waals surface area contributed by atoms with E-state index in [9.17, 15) is 9.90 Å². The maximum absolute atomic E-state index is 12.1. The van der Waals surface area contributed by atoms with Gasteiger partial charge in [0.05, 0.1) is 11.0 Å². The second kappa shape index (κ2) is 6.42. The van der Waals surface area contributed by atoms with Gasteiger partial charge in [-0.1, -0.05) is 12.1 Å². The number of nitrogens with one attached hydrogen (secondary N) is 1. The molecule has 7 heteroatoms. The van der Waals surface area contributed by atoms with Gasteiger partial charge in [-0.15, -0.1) is 0 Å². The number of nitrogens with zero attached hydrogens (tertiary/aromatic N) is 4. The van der Waals surface area contributed by atoms with E-state index in [1.54, 1.807) is 6.07 Å². The molecule has 0 amide bonds. The van der Waals surface area contributed by atoms with E-state index < -0.39 is 5.97 Å². The minimum absolute atomic E-state index is 0.192. The fourth-order valence-electron chi connectivity index (χ4n) is 4.53. The zero-order chi connectivity index (χ0) is 20.3. The van der Waals surface area contributed by atoms with E-state index in [1.165, 1.54) is 0 Å². The lowest BCUT2D eigenvalue weighted by atomic mass is 10.1. The Labute approximate surface area is 168 Å². The predicted octanol–water partition coefficient (Wildman–Crippen LogP) is 3.23. The van der Waals surface area contributed by atoms with Crippen molar-refractivity contribution in [1.82, 2.24) is 19.7 Å². The summed E-state index contributed by atoms with van der Waals surface area (Å²) in [6, 6.07) is 12.2. The summed E-state index contributed by atoms with van der Waals surface area (Å²) in [5, 5.41) is 14.3. The topological polar surface area (TPSA) is 82.8 Å². The van der Waals surface area contributed by atoms with Crippen LogP contribution in [-0.2, 0) is 0 Å². The van der Waals surface area contributed by atoms with E-state index in [0.717, 1.165) is 46.5 Å². The van der Waals surface area contributed by atoms with Crippen LogP contribution in [0.1, 0.15) is 29.9 Å². The number of carboxylic acids is 1. The molecule has 1 saturated heterocycles. The number of pyridine rings is 2. The summed E-state index contributed by atoms with van der Waals surface area (Å²) < 4.78 is 1.89. The van der Waals surface area contributed by atoms with Gasteiger partial charge >= 0.3 is 5.97 Å². The summed E-state index contributed by atoms with van der Waals surface area (Å²) in [4.78, 5) is 23.8. The molecule has 3 aromatic heterocycles. The summed E-state index contributed by atoms with van der Waals surface area (Å²) in [7, 11) is 0. The van der Waals surface area contributed by atoms with Crippen LogP contribution in [0, 0.1) is 6.92 Å². The number of imidazole rings is 1. The van der Waals surface area contributed by atoms with Crippen LogP contribution in [-0.4, -0.2) is 50.6 Å². The molecule has 0 radical (unpaired) electrons. The molecule has 4 aromatic rings. The van der Waals surface area contributed by atoms with Crippen molar-refractivity contribution in [3.8, 4) is 0 Å². The highest BCUT2D eigenvalue weighted by Gasteiger charge is 2.25. The van der Waals surface area contributed by atoms with Crippen molar-refractivity contribution in [2.24, 2.45) is 0 Å². The number of aromatic nitrogens is 3. The molecule has 7 nitrogen and oxygen atoms in total. The molecule has 2 atom stereocenters. The van der Waals surface area contributed by atoms with Crippen molar-refractivity contribution < 1.29 is 9.90 Å². The third-order valence-corrected chi connectivity index (χ3v) is 5.58. The largest absolute Gasteiger partial charge is 0.478 e. The fourth-order valence-corrected chi connectivity index (χ4v) is 4.53. The number of aryl methyl sites for hydroxylation is 1. The van der Waals surface area contributed by atoms with Crippen molar-refractivity contribution >= 4 is 39.4 Å². The van der Waals surface area contributed by atoms with Crippen LogP contribution in [0.3, 0.4) is 0 Å². The number of piperazine rings is 1. The van der Waals surface area contributed by atoms with Gasteiger partial charge in [0.2, 0.25) is 0 Å². The minimum atomic E-state index is -0.985. The third-order valence-electron chi connectivity index (χ3n) is 5.58. The number of rotatable bonds is 2. The van der Waals surface area contributed by atoms with Gasteiger partial charge in [0.25, 0.3) is 0 Å². The molecule has 2 unspecified atom stereocenters. The molecule has 1 aliphatic rings. The molecule has 5 rings (SSSR count). The average Bonchev–Trinajstić information content (AvgIpc) is 3.05. The number of anilines is 1. The Morgan fingerprint density at radius 1 is 1.10 bits per heavy atom. The molecule has 2 N–H and O–H groups in total. The second-order valence-corrected chi connectivity index (χ2v) is 8.02. The highest BCUT2D eigenvalue weighted by Crippen LogP contribution is 2.33. The SMILES string of the molecule is Cc1cc(N2CC(C)NC(C)C2)c2cc(C(=O)O)c3nc4ccccc4n3c2n1. The molecule has 148 valence electrons. The lowest BCUT2D eigenvalue weighted by molar-refractivity contribution is 0.0698. The maximum Gasteiger partial charge on any atom is 0.339 e. The molecule has 0 saturated carbocycles. The van der Waals surface area contributed by atoms with Crippen LogP contribution in [0.4, 0.5) is 5.69 Å². The highest BCUT2D eigenvalue weighted by molar-refractivity contribution is 6.05. The third kappa shape index (κ3) is 2.81. The molecule has 0 aliphatic carbocycles. The molecule has 0 bridgehead atoms. The fraction of sp³-hybridized carbons (Fsp3) is 0.318. The summed E-state index contributed by atoms with van der Waals surface area (Å²) in [5.74, 6) is -0.985. The first kappa shape index (κ1) is 17.9. The van der Waals surface area contributed by atoms with Crippen molar-refractivity contribution in [2.45, 2.75) is 32.9 Å². The Morgan fingerprint density at radius 3 is 2.55 bits per heavy atom. The summed E-state index contributed by atoms with van der Waals surface area (Å²) in [5.41, 5.74) is 4.91. The molecular formula is C22H23N5O2. The Morgan fingerprint density at radius 2 is 1.83 bits per heavy atom. The maximum atomic E-state index is 12.1. The van der Waals surface area contributed by atoms with Crippen LogP contribution in [0.15, 0.2) is 36.4 Å². The van der Waals surface area contributed by atoms with E-state index in [2.05, 4.69) is 35.1 Å². The van der Waals surface area contributed by atoms with Crippen LogP contribution in [0.25, 0.3) is 27.7 Å². The zero-order valence-electron chi connectivity index (χ0n) is 16.7. The van der Waals surface area contributed by atoms with Gasteiger partial charge in [0.1, 0.15) is 11.2 Å². The van der Waals surface area contributed by atoms with Gasteiger partial charge in [-0.3, -0.25) is 4.40 Å². The number of carbonyl (C=O) groups is 1. The molecule has 1 aromatic carbocycles. The van der Waals surface area contributed by atoms with E-state index in [4.69, 9.17) is 4.98 Å². The molecule has 4 heterocycles. The highest BCUT2D eigenvalue weighted by atomic mass is 16.4. The number of hydrogen-bond acceptors (Lipinski definition) is 5. The van der Waals surface area contributed by atoms with Crippen molar-refractivity contribution in [3.05, 3.63) is 47.7 Å². The molecule has 0 spiro atoms. The quantitative estimate of drug-likeness (QED) is 0.548. The molecular weight excluding hydrogens is 366 g/mol. The number of aromatic carboxylic acids is 1. The molecule has 29 heavy (non-hydrogen) atoms. The lowest BCUT2D eigenvalue weighted by Crippen LogP contribution is -2.54.